The third-order valence-electron chi connectivity index (χ3n) is 5.25. The Hall–Kier alpha value is -1.56. The highest BCUT2D eigenvalue weighted by atomic mass is 32.2. The minimum atomic E-state index is -3.20. The first-order valence-corrected chi connectivity index (χ1v) is 10.9. The summed E-state index contributed by atoms with van der Waals surface area (Å²) in [6.07, 6.45) is 6.94. The van der Waals surface area contributed by atoms with E-state index in [1.165, 1.54) is 32.1 Å². The van der Waals surface area contributed by atoms with Gasteiger partial charge in [-0.25, -0.2) is 8.42 Å². The highest BCUT2D eigenvalue weighted by Crippen LogP contribution is 2.40. The second-order valence-corrected chi connectivity index (χ2v) is 9.01. The van der Waals surface area contributed by atoms with E-state index in [9.17, 15) is 8.42 Å². The molecule has 0 aromatic heterocycles. The van der Waals surface area contributed by atoms with Crippen molar-refractivity contribution in [3.63, 3.8) is 0 Å². The Labute approximate surface area is 152 Å². The number of benzene rings is 1. The van der Waals surface area contributed by atoms with E-state index in [2.05, 4.69) is 22.5 Å². The van der Waals surface area contributed by atoms with Gasteiger partial charge in [0, 0.05) is 20.1 Å². The molecule has 1 aliphatic rings. The molecule has 0 atom stereocenters. The van der Waals surface area contributed by atoms with Crippen LogP contribution in [0.4, 0.5) is 0 Å². The lowest BCUT2D eigenvalue weighted by Crippen LogP contribution is -2.43. The summed E-state index contributed by atoms with van der Waals surface area (Å²) in [5.74, 6) is 0.900. The molecule has 25 heavy (non-hydrogen) atoms. The lowest BCUT2D eigenvalue weighted by atomic mass is 9.83. The average Bonchev–Trinajstić information content (AvgIpc) is 3.11. The second kappa shape index (κ2) is 9.22. The van der Waals surface area contributed by atoms with Gasteiger partial charge in [0.05, 0.1) is 10.6 Å². The molecular formula is C19H31N3O2S. The molecule has 140 valence electrons. The van der Waals surface area contributed by atoms with Crippen LogP contribution in [0.3, 0.4) is 0 Å². The van der Waals surface area contributed by atoms with Gasteiger partial charge in [-0.15, -0.1) is 0 Å². The van der Waals surface area contributed by atoms with Gasteiger partial charge >= 0.3 is 0 Å². The van der Waals surface area contributed by atoms with Gasteiger partial charge in [0.2, 0.25) is 0 Å². The summed E-state index contributed by atoms with van der Waals surface area (Å²) in [5.41, 5.74) is 0.397. The molecule has 0 unspecified atom stereocenters. The predicted octanol–water partition coefficient (Wildman–Crippen LogP) is 2.99. The van der Waals surface area contributed by atoms with Crippen molar-refractivity contribution in [2.24, 2.45) is 10.4 Å². The van der Waals surface area contributed by atoms with Crippen LogP contribution in [0, 0.1) is 5.41 Å². The van der Waals surface area contributed by atoms with Crippen LogP contribution < -0.4 is 10.6 Å². The quantitative estimate of drug-likeness (QED) is 0.422. The van der Waals surface area contributed by atoms with E-state index in [0.29, 0.717) is 23.3 Å². The molecule has 0 radical (unpaired) electrons. The number of hydrogen-bond acceptors (Lipinski definition) is 3. The number of sulfone groups is 1. The lowest BCUT2D eigenvalue weighted by Gasteiger charge is -2.28. The van der Waals surface area contributed by atoms with Gasteiger partial charge in [-0.3, -0.25) is 4.99 Å². The first-order chi connectivity index (χ1) is 12.0. The highest BCUT2D eigenvalue weighted by Gasteiger charge is 2.31. The van der Waals surface area contributed by atoms with Crippen molar-refractivity contribution >= 4 is 15.8 Å². The predicted molar refractivity (Wildman–Crippen MR) is 104 cm³/mol. The Morgan fingerprint density at radius 2 is 1.84 bits per heavy atom. The SMILES string of the molecule is CCC1(CNC(=NC)NCCCS(=O)(=O)c2ccccc2)CCCC1. The molecule has 2 rings (SSSR count). The van der Waals surface area contributed by atoms with Crippen LogP contribution in [0.25, 0.3) is 0 Å². The van der Waals surface area contributed by atoms with Crippen molar-refractivity contribution in [1.82, 2.24) is 10.6 Å². The zero-order chi connectivity index (χ0) is 18.2. The van der Waals surface area contributed by atoms with Crippen LogP contribution in [0.1, 0.15) is 45.4 Å². The topological polar surface area (TPSA) is 70.6 Å². The Morgan fingerprint density at radius 3 is 2.44 bits per heavy atom. The smallest absolute Gasteiger partial charge is 0.190 e. The maximum atomic E-state index is 12.3. The van der Waals surface area contributed by atoms with Crippen molar-refractivity contribution in [2.75, 3.05) is 25.9 Å². The Bertz CT molecular complexity index is 651. The van der Waals surface area contributed by atoms with Gasteiger partial charge in [-0.1, -0.05) is 38.0 Å². The molecule has 0 bridgehead atoms. The molecule has 5 nitrogen and oxygen atoms in total. The molecular weight excluding hydrogens is 334 g/mol. The fourth-order valence-corrected chi connectivity index (χ4v) is 4.82. The van der Waals surface area contributed by atoms with E-state index in [1.807, 2.05) is 6.07 Å². The Morgan fingerprint density at radius 1 is 1.16 bits per heavy atom. The normalized spacial score (nSPS) is 17.4. The summed E-state index contributed by atoms with van der Waals surface area (Å²) in [6, 6.07) is 8.63. The van der Waals surface area contributed by atoms with Crippen LogP contribution in [-0.2, 0) is 9.84 Å². The van der Waals surface area contributed by atoms with E-state index >= 15 is 0 Å². The zero-order valence-electron chi connectivity index (χ0n) is 15.4. The zero-order valence-corrected chi connectivity index (χ0v) is 16.2. The maximum absolute atomic E-state index is 12.3. The van der Waals surface area contributed by atoms with Gasteiger partial charge in [-0.2, -0.15) is 0 Å². The first-order valence-electron chi connectivity index (χ1n) is 9.24. The van der Waals surface area contributed by atoms with Crippen LogP contribution in [0.2, 0.25) is 0 Å². The largest absolute Gasteiger partial charge is 0.356 e. The minimum Gasteiger partial charge on any atom is -0.356 e. The van der Waals surface area contributed by atoms with Crippen LogP contribution in [-0.4, -0.2) is 40.3 Å². The van der Waals surface area contributed by atoms with Crippen molar-refractivity contribution in [1.29, 1.82) is 0 Å². The maximum Gasteiger partial charge on any atom is 0.190 e. The van der Waals surface area contributed by atoms with E-state index in [0.717, 1.165) is 12.5 Å². The third-order valence-corrected chi connectivity index (χ3v) is 7.07. The highest BCUT2D eigenvalue weighted by molar-refractivity contribution is 7.91. The van der Waals surface area contributed by atoms with Crippen molar-refractivity contribution < 1.29 is 8.42 Å². The summed E-state index contributed by atoms with van der Waals surface area (Å²) in [7, 11) is -1.45. The van der Waals surface area contributed by atoms with Crippen molar-refractivity contribution in [3.05, 3.63) is 30.3 Å². The number of nitrogens with one attached hydrogen (secondary N) is 2. The molecule has 1 aromatic rings. The monoisotopic (exact) mass is 365 g/mol. The molecule has 2 N–H and O–H groups in total. The summed E-state index contributed by atoms with van der Waals surface area (Å²) >= 11 is 0. The van der Waals surface area contributed by atoms with E-state index in [4.69, 9.17) is 0 Å². The van der Waals surface area contributed by atoms with Gasteiger partial charge in [0.25, 0.3) is 0 Å². The minimum absolute atomic E-state index is 0.139. The first kappa shape index (κ1) is 19.8. The number of rotatable bonds is 8. The number of nitrogens with zero attached hydrogens (tertiary/aromatic N) is 1. The summed E-state index contributed by atoms with van der Waals surface area (Å²) in [6.45, 7) is 3.79. The Kier molecular flexibility index (Phi) is 7.29. The number of hydrogen-bond donors (Lipinski definition) is 2. The van der Waals surface area contributed by atoms with Gasteiger partial charge in [0.15, 0.2) is 15.8 Å². The van der Waals surface area contributed by atoms with Gasteiger partial charge < -0.3 is 10.6 Å². The van der Waals surface area contributed by atoms with Crippen LogP contribution in [0.5, 0.6) is 0 Å². The molecule has 0 saturated heterocycles. The van der Waals surface area contributed by atoms with Crippen molar-refractivity contribution in [2.45, 2.75) is 50.3 Å². The molecule has 1 fully saturated rings. The molecule has 0 amide bonds. The molecule has 1 aromatic carbocycles. The average molecular weight is 366 g/mol. The molecule has 0 aliphatic heterocycles. The molecule has 1 aliphatic carbocycles. The van der Waals surface area contributed by atoms with Crippen molar-refractivity contribution in [3.8, 4) is 0 Å². The summed E-state index contributed by atoms with van der Waals surface area (Å²) < 4.78 is 24.5. The molecule has 0 heterocycles. The van der Waals surface area contributed by atoms with Crippen LogP contribution >= 0.6 is 0 Å². The molecule has 6 heteroatoms. The molecule has 1 saturated carbocycles. The number of guanidine groups is 1. The summed E-state index contributed by atoms with van der Waals surface area (Å²) in [5, 5.41) is 6.66. The third kappa shape index (κ3) is 5.73. The standard InChI is InChI=1S/C19H31N3O2S/c1-3-19(12-7-8-13-19)16-22-18(20-2)21-14-9-15-25(23,24)17-10-5-4-6-11-17/h4-6,10-11H,3,7-9,12-16H2,1-2H3,(H2,20,21,22). The second-order valence-electron chi connectivity index (χ2n) is 6.90. The fraction of sp³-hybridized carbons (Fsp3) is 0.632. The number of aliphatic imine (C=N–C) groups is 1. The lowest BCUT2D eigenvalue weighted by molar-refractivity contribution is 0.283. The van der Waals surface area contributed by atoms with Gasteiger partial charge in [-0.05, 0) is 43.2 Å². The van der Waals surface area contributed by atoms with E-state index < -0.39 is 9.84 Å². The van der Waals surface area contributed by atoms with Crippen LogP contribution in [0.15, 0.2) is 40.2 Å². The fourth-order valence-electron chi connectivity index (χ4n) is 3.49. The van der Waals surface area contributed by atoms with E-state index in [1.54, 1.807) is 31.3 Å². The summed E-state index contributed by atoms with van der Waals surface area (Å²) in [4.78, 5) is 4.64. The molecule has 0 spiro atoms. The Balaban J connectivity index is 1.74. The van der Waals surface area contributed by atoms with Gasteiger partial charge in [0.1, 0.15) is 0 Å². The van der Waals surface area contributed by atoms with E-state index in [-0.39, 0.29) is 5.75 Å².